The first-order valence-corrected chi connectivity index (χ1v) is 9.91. The third kappa shape index (κ3) is 3.24. The van der Waals surface area contributed by atoms with Crippen molar-refractivity contribution in [1.29, 1.82) is 0 Å². The number of sulfone groups is 1. The summed E-state index contributed by atoms with van der Waals surface area (Å²) in [5, 5.41) is 2.75. The molecule has 0 aliphatic carbocycles. The zero-order chi connectivity index (χ0) is 17.3. The number of carbonyl (C=O) groups excluding carboxylic acids is 1. The molecule has 8 heteroatoms. The van der Waals surface area contributed by atoms with E-state index in [4.69, 9.17) is 0 Å². The lowest BCUT2D eigenvalue weighted by molar-refractivity contribution is -0.121. The zero-order valence-corrected chi connectivity index (χ0v) is 14.4. The standard InChI is InChI=1S/C16H21N3O4S/c1-2-18-13-5-3-4-6-14(13)19(16(18)21)9-7-15(20)17-12-8-10-24(22,23)11-12/h3-6,12H,2,7-11H2,1H3,(H,17,20). The fourth-order valence-electron chi connectivity index (χ4n) is 3.22. The van der Waals surface area contributed by atoms with Crippen LogP contribution in [-0.2, 0) is 27.7 Å². The number of hydrogen-bond acceptors (Lipinski definition) is 4. The van der Waals surface area contributed by atoms with Crippen molar-refractivity contribution in [1.82, 2.24) is 14.5 Å². The summed E-state index contributed by atoms with van der Waals surface area (Å²) < 4.78 is 26.1. The number of carbonyl (C=O) groups is 1. The van der Waals surface area contributed by atoms with Crippen molar-refractivity contribution in [2.75, 3.05) is 11.5 Å². The summed E-state index contributed by atoms with van der Waals surface area (Å²) in [6.07, 6.45) is 0.608. The van der Waals surface area contributed by atoms with Gasteiger partial charge in [0.25, 0.3) is 0 Å². The normalized spacial score (nSPS) is 19.6. The lowest BCUT2D eigenvalue weighted by Crippen LogP contribution is -2.36. The van der Waals surface area contributed by atoms with Crippen LogP contribution < -0.4 is 11.0 Å². The first-order valence-electron chi connectivity index (χ1n) is 8.09. The van der Waals surface area contributed by atoms with E-state index in [9.17, 15) is 18.0 Å². The summed E-state index contributed by atoms with van der Waals surface area (Å²) in [5.74, 6) is -0.0905. The molecule has 0 spiro atoms. The number of fused-ring (bicyclic) bond motifs is 1. The zero-order valence-electron chi connectivity index (χ0n) is 13.6. The molecule has 0 bridgehead atoms. The largest absolute Gasteiger partial charge is 0.352 e. The molecule has 0 radical (unpaired) electrons. The van der Waals surface area contributed by atoms with Gasteiger partial charge in [0.05, 0.1) is 22.5 Å². The second-order valence-corrected chi connectivity index (χ2v) is 8.31. The van der Waals surface area contributed by atoms with Gasteiger partial charge in [-0.05, 0) is 25.5 Å². The number of imidazole rings is 1. The van der Waals surface area contributed by atoms with Crippen LogP contribution in [0.2, 0.25) is 0 Å². The quantitative estimate of drug-likeness (QED) is 0.850. The maximum absolute atomic E-state index is 12.5. The third-order valence-electron chi connectivity index (χ3n) is 4.40. The van der Waals surface area contributed by atoms with Crippen LogP contribution in [0.15, 0.2) is 29.1 Å². The monoisotopic (exact) mass is 351 g/mol. The van der Waals surface area contributed by atoms with Crippen LogP contribution >= 0.6 is 0 Å². The number of para-hydroxylation sites is 2. The Labute approximate surface area is 140 Å². The number of aromatic nitrogens is 2. The summed E-state index contributed by atoms with van der Waals surface area (Å²) >= 11 is 0. The third-order valence-corrected chi connectivity index (χ3v) is 6.17. The molecule has 1 aromatic heterocycles. The molecule has 24 heavy (non-hydrogen) atoms. The van der Waals surface area contributed by atoms with Crippen molar-refractivity contribution in [3.63, 3.8) is 0 Å². The first kappa shape index (κ1) is 16.8. The number of nitrogens with one attached hydrogen (secondary N) is 1. The molecule has 130 valence electrons. The second-order valence-electron chi connectivity index (χ2n) is 6.08. The van der Waals surface area contributed by atoms with Crippen molar-refractivity contribution < 1.29 is 13.2 Å². The van der Waals surface area contributed by atoms with Crippen molar-refractivity contribution in [3.8, 4) is 0 Å². The summed E-state index contributed by atoms with van der Waals surface area (Å²) in [6.45, 7) is 2.75. The van der Waals surface area contributed by atoms with Crippen molar-refractivity contribution in [3.05, 3.63) is 34.7 Å². The highest BCUT2D eigenvalue weighted by molar-refractivity contribution is 7.91. The maximum atomic E-state index is 12.5. The smallest absolute Gasteiger partial charge is 0.329 e. The summed E-state index contributed by atoms with van der Waals surface area (Å²) in [6, 6.07) is 7.19. The fourth-order valence-corrected chi connectivity index (χ4v) is 4.89. The first-order chi connectivity index (χ1) is 11.4. The summed E-state index contributed by atoms with van der Waals surface area (Å²) in [7, 11) is -3.02. The highest BCUT2D eigenvalue weighted by Gasteiger charge is 2.28. The number of hydrogen-bond donors (Lipinski definition) is 1. The molecule has 7 nitrogen and oxygen atoms in total. The Balaban J connectivity index is 1.71. The molecule has 1 aromatic carbocycles. The lowest BCUT2D eigenvalue weighted by Gasteiger charge is -2.11. The molecule has 2 aromatic rings. The topological polar surface area (TPSA) is 90.2 Å². The molecule has 1 atom stereocenters. The van der Waals surface area contributed by atoms with Gasteiger partial charge in [-0.2, -0.15) is 0 Å². The van der Waals surface area contributed by atoms with Gasteiger partial charge in [-0.15, -0.1) is 0 Å². The van der Waals surface area contributed by atoms with Gasteiger partial charge < -0.3 is 5.32 Å². The molecule has 1 aliphatic rings. The van der Waals surface area contributed by atoms with E-state index in [0.29, 0.717) is 13.0 Å². The molecule has 0 saturated carbocycles. The minimum absolute atomic E-state index is 0.00777. The van der Waals surface area contributed by atoms with Crippen molar-refractivity contribution >= 4 is 26.8 Å². The van der Waals surface area contributed by atoms with Crippen LogP contribution in [0.1, 0.15) is 19.8 Å². The van der Waals surface area contributed by atoms with E-state index in [-0.39, 0.29) is 42.1 Å². The number of rotatable bonds is 5. The van der Waals surface area contributed by atoms with E-state index in [1.165, 1.54) is 0 Å². The van der Waals surface area contributed by atoms with E-state index < -0.39 is 9.84 Å². The van der Waals surface area contributed by atoms with Crippen LogP contribution in [0.4, 0.5) is 0 Å². The van der Waals surface area contributed by atoms with E-state index in [2.05, 4.69) is 5.32 Å². The lowest BCUT2D eigenvalue weighted by atomic mass is 10.2. The second kappa shape index (κ2) is 6.43. The van der Waals surface area contributed by atoms with Crippen LogP contribution in [0.5, 0.6) is 0 Å². The number of amides is 1. The van der Waals surface area contributed by atoms with Crippen LogP contribution in [0.25, 0.3) is 11.0 Å². The molecule has 2 heterocycles. The van der Waals surface area contributed by atoms with Gasteiger partial charge in [0.1, 0.15) is 0 Å². The predicted molar refractivity (Wildman–Crippen MR) is 91.7 cm³/mol. The Morgan fingerprint density at radius 3 is 2.50 bits per heavy atom. The van der Waals surface area contributed by atoms with E-state index in [1.807, 2.05) is 31.2 Å². The van der Waals surface area contributed by atoms with Gasteiger partial charge in [0, 0.05) is 25.6 Å². The average Bonchev–Trinajstić information content (AvgIpc) is 3.01. The molecule has 1 N–H and O–H groups in total. The number of aryl methyl sites for hydroxylation is 2. The van der Waals surface area contributed by atoms with Crippen molar-refractivity contribution in [2.24, 2.45) is 0 Å². The molecular formula is C16H21N3O4S. The Hall–Kier alpha value is -2.09. The maximum Gasteiger partial charge on any atom is 0.329 e. The van der Waals surface area contributed by atoms with E-state index in [1.54, 1.807) is 9.13 Å². The summed E-state index contributed by atoms with van der Waals surface area (Å²) in [5.41, 5.74) is 1.53. The van der Waals surface area contributed by atoms with E-state index in [0.717, 1.165) is 11.0 Å². The van der Waals surface area contributed by atoms with Gasteiger partial charge in [-0.1, -0.05) is 12.1 Å². The van der Waals surface area contributed by atoms with E-state index >= 15 is 0 Å². The Morgan fingerprint density at radius 1 is 1.25 bits per heavy atom. The van der Waals surface area contributed by atoms with Crippen LogP contribution in [0.3, 0.4) is 0 Å². The molecule has 1 unspecified atom stereocenters. The van der Waals surface area contributed by atoms with Gasteiger partial charge in [-0.25, -0.2) is 13.2 Å². The number of benzene rings is 1. The Morgan fingerprint density at radius 2 is 1.92 bits per heavy atom. The highest BCUT2D eigenvalue weighted by atomic mass is 32.2. The van der Waals surface area contributed by atoms with Crippen LogP contribution in [0, 0.1) is 0 Å². The van der Waals surface area contributed by atoms with Gasteiger partial charge in [0.2, 0.25) is 5.91 Å². The van der Waals surface area contributed by atoms with Gasteiger partial charge >= 0.3 is 5.69 Å². The minimum atomic E-state index is -3.02. The Kier molecular flexibility index (Phi) is 4.49. The van der Waals surface area contributed by atoms with Gasteiger partial charge in [-0.3, -0.25) is 13.9 Å². The minimum Gasteiger partial charge on any atom is -0.352 e. The molecule has 1 aliphatic heterocycles. The SMILES string of the molecule is CCn1c(=O)n(CCC(=O)NC2CCS(=O)(=O)C2)c2ccccc21. The summed E-state index contributed by atoms with van der Waals surface area (Å²) in [4.78, 5) is 24.6. The average molecular weight is 351 g/mol. The van der Waals surface area contributed by atoms with Crippen molar-refractivity contribution in [2.45, 2.75) is 38.9 Å². The fraction of sp³-hybridized carbons (Fsp3) is 0.500. The highest BCUT2D eigenvalue weighted by Crippen LogP contribution is 2.14. The molecule has 3 rings (SSSR count). The molecule has 1 saturated heterocycles. The molecule has 1 amide bonds. The Bertz CT molecular complexity index is 926. The van der Waals surface area contributed by atoms with Crippen LogP contribution in [-0.4, -0.2) is 41.0 Å². The predicted octanol–water partition coefficient (Wildman–Crippen LogP) is 0.516. The van der Waals surface area contributed by atoms with Gasteiger partial charge in [0.15, 0.2) is 9.84 Å². The number of nitrogens with zero attached hydrogens (tertiary/aromatic N) is 2. The molecule has 1 fully saturated rings. The molecular weight excluding hydrogens is 330 g/mol.